The third kappa shape index (κ3) is 8.38. The molecule has 0 aliphatic heterocycles. The van der Waals surface area contributed by atoms with Crippen LogP contribution in [0, 0.1) is 0 Å². The van der Waals surface area contributed by atoms with E-state index in [0.717, 1.165) is 6.42 Å². The van der Waals surface area contributed by atoms with Crippen LogP contribution in [0.4, 0.5) is 0 Å². The van der Waals surface area contributed by atoms with Crippen molar-refractivity contribution in [3.05, 3.63) is 24.0 Å². The van der Waals surface area contributed by atoms with Gasteiger partial charge in [-0.15, -0.1) is 0 Å². The molecule has 0 fully saturated rings. The maximum absolute atomic E-state index is 5.44. The molecule has 1 nitrogen and oxygen atoms in total. The summed E-state index contributed by atoms with van der Waals surface area (Å²) in [5.74, 6) is 1.21. The average molecular weight is 250 g/mol. The van der Waals surface area contributed by atoms with Crippen LogP contribution in [0.3, 0.4) is 0 Å². The third-order valence-electron chi connectivity index (χ3n) is 3.67. The lowest BCUT2D eigenvalue weighted by Gasteiger charge is -2.07. The van der Waals surface area contributed by atoms with Gasteiger partial charge in [-0.3, -0.25) is 0 Å². The van der Waals surface area contributed by atoms with Gasteiger partial charge < -0.3 is 4.74 Å². The monoisotopic (exact) mass is 250 g/mol. The standard InChI is InChI=1S/C17H30O/c1-18-17-15-13-11-9-7-5-3-2-4-6-8-10-12-14-16-17/h3,5,15H,2,4,6-14,16H2,1H3/b5-3+,17-15-. The topological polar surface area (TPSA) is 9.23 Å². The van der Waals surface area contributed by atoms with E-state index in [0.29, 0.717) is 0 Å². The highest BCUT2D eigenvalue weighted by Crippen LogP contribution is 2.15. The van der Waals surface area contributed by atoms with Gasteiger partial charge in [-0.2, -0.15) is 0 Å². The Labute approximate surface area is 113 Å². The highest BCUT2D eigenvalue weighted by atomic mass is 16.5. The van der Waals surface area contributed by atoms with E-state index in [-0.39, 0.29) is 0 Å². The van der Waals surface area contributed by atoms with Crippen molar-refractivity contribution in [3.8, 4) is 0 Å². The molecule has 0 saturated heterocycles. The summed E-state index contributed by atoms with van der Waals surface area (Å²) in [6.07, 6.45) is 22.7. The fraction of sp³-hybridized carbons (Fsp3) is 0.765. The molecule has 0 unspecified atom stereocenters. The molecule has 0 aromatic carbocycles. The van der Waals surface area contributed by atoms with Crippen LogP contribution in [0.5, 0.6) is 0 Å². The molecule has 104 valence electrons. The van der Waals surface area contributed by atoms with Crippen LogP contribution in [0.25, 0.3) is 0 Å². The number of methoxy groups -OCH3 is 1. The summed E-state index contributed by atoms with van der Waals surface area (Å²) in [4.78, 5) is 0. The first-order chi connectivity index (χ1) is 8.93. The van der Waals surface area contributed by atoms with Gasteiger partial charge in [-0.25, -0.2) is 0 Å². The molecular formula is C17H30O. The summed E-state index contributed by atoms with van der Waals surface area (Å²) in [7, 11) is 1.81. The van der Waals surface area contributed by atoms with Crippen molar-refractivity contribution in [1.82, 2.24) is 0 Å². The summed E-state index contributed by atoms with van der Waals surface area (Å²) in [5.41, 5.74) is 0. The molecule has 0 atom stereocenters. The second-order valence-corrected chi connectivity index (χ2v) is 5.29. The Morgan fingerprint density at radius 3 is 2.00 bits per heavy atom. The molecule has 0 amide bonds. The highest BCUT2D eigenvalue weighted by molar-refractivity contribution is 4.92. The molecular weight excluding hydrogens is 220 g/mol. The normalized spacial score (nSPS) is 25.9. The van der Waals surface area contributed by atoms with Crippen molar-refractivity contribution in [2.24, 2.45) is 0 Å². The SMILES string of the molecule is CO/C1=C\CCCC/C=C/CCCCCCCC1. The van der Waals surface area contributed by atoms with Gasteiger partial charge in [0.05, 0.1) is 12.9 Å². The van der Waals surface area contributed by atoms with Gasteiger partial charge in [0, 0.05) is 6.42 Å². The van der Waals surface area contributed by atoms with Crippen LogP contribution >= 0.6 is 0 Å². The number of rotatable bonds is 1. The number of hydrogen-bond donors (Lipinski definition) is 0. The lowest BCUT2D eigenvalue weighted by Crippen LogP contribution is -1.89. The minimum Gasteiger partial charge on any atom is -0.501 e. The van der Waals surface area contributed by atoms with E-state index < -0.39 is 0 Å². The van der Waals surface area contributed by atoms with Gasteiger partial charge in [-0.1, -0.05) is 37.8 Å². The van der Waals surface area contributed by atoms with E-state index in [4.69, 9.17) is 4.74 Å². The molecule has 0 aromatic rings. The molecule has 0 heterocycles. The maximum atomic E-state index is 5.44. The van der Waals surface area contributed by atoms with Crippen molar-refractivity contribution in [3.63, 3.8) is 0 Å². The minimum atomic E-state index is 1.14. The molecule has 0 N–H and O–H groups in total. The molecule has 1 heteroatoms. The predicted molar refractivity (Wildman–Crippen MR) is 79.6 cm³/mol. The smallest absolute Gasteiger partial charge is 0.0915 e. The molecule has 1 aliphatic rings. The molecule has 1 rings (SSSR count). The summed E-state index contributed by atoms with van der Waals surface area (Å²) >= 11 is 0. The summed E-state index contributed by atoms with van der Waals surface area (Å²) in [6.45, 7) is 0. The van der Waals surface area contributed by atoms with Gasteiger partial charge >= 0.3 is 0 Å². The molecule has 0 saturated carbocycles. The van der Waals surface area contributed by atoms with Crippen LogP contribution in [0.2, 0.25) is 0 Å². The van der Waals surface area contributed by atoms with Gasteiger partial charge in [0.1, 0.15) is 0 Å². The van der Waals surface area contributed by atoms with Crippen LogP contribution in [-0.2, 0) is 4.74 Å². The maximum Gasteiger partial charge on any atom is 0.0915 e. The minimum absolute atomic E-state index is 1.14. The van der Waals surface area contributed by atoms with Crippen LogP contribution in [0.1, 0.15) is 77.0 Å². The molecule has 0 radical (unpaired) electrons. The predicted octanol–water partition coefficient (Wildman–Crippen LogP) is 5.77. The zero-order valence-corrected chi connectivity index (χ0v) is 12.1. The summed E-state index contributed by atoms with van der Waals surface area (Å²) in [5, 5.41) is 0. The molecule has 0 spiro atoms. The van der Waals surface area contributed by atoms with Crippen LogP contribution in [-0.4, -0.2) is 7.11 Å². The lowest BCUT2D eigenvalue weighted by atomic mass is 10.1. The van der Waals surface area contributed by atoms with Crippen molar-refractivity contribution in [1.29, 1.82) is 0 Å². The average Bonchev–Trinajstić information content (AvgIpc) is 2.39. The Bertz CT molecular complexity index is 240. The van der Waals surface area contributed by atoms with Gasteiger partial charge in [0.15, 0.2) is 0 Å². The number of hydrogen-bond acceptors (Lipinski definition) is 1. The van der Waals surface area contributed by atoms with Gasteiger partial charge in [-0.05, 0) is 51.0 Å². The fourth-order valence-corrected chi connectivity index (χ4v) is 2.46. The fourth-order valence-electron chi connectivity index (χ4n) is 2.46. The first-order valence-electron chi connectivity index (χ1n) is 7.81. The van der Waals surface area contributed by atoms with Gasteiger partial charge in [0.25, 0.3) is 0 Å². The second-order valence-electron chi connectivity index (χ2n) is 5.29. The first kappa shape index (κ1) is 15.3. The molecule has 1 aliphatic carbocycles. The Hall–Kier alpha value is -0.720. The van der Waals surface area contributed by atoms with Crippen LogP contribution in [0.15, 0.2) is 24.0 Å². The zero-order valence-electron chi connectivity index (χ0n) is 12.1. The largest absolute Gasteiger partial charge is 0.501 e. The molecule has 0 aromatic heterocycles. The van der Waals surface area contributed by atoms with Crippen molar-refractivity contribution >= 4 is 0 Å². The first-order valence-corrected chi connectivity index (χ1v) is 7.81. The molecule has 0 bridgehead atoms. The van der Waals surface area contributed by atoms with E-state index in [1.165, 1.54) is 76.4 Å². The Morgan fingerprint density at radius 1 is 0.722 bits per heavy atom. The van der Waals surface area contributed by atoms with E-state index >= 15 is 0 Å². The van der Waals surface area contributed by atoms with Crippen molar-refractivity contribution in [2.75, 3.05) is 7.11 Å². The van der Waals surface area contributed by atoms with Crippen LogP contribution < -0.4 is 0 Å². The van der Waals surface area contributed by atoms with Crippen molar-refractivity contribution in [2.45, 2.75) is 77.0 Å². The van der Waals surface area contributed by atoms with Crippen molar-refractivity contribution < 1.29 is 4.74 Å². The zero-order chi connectivity index (χ0) is 12.9. The Balaban J connectivity index is 2.30. The Morgan fingerprint density at radius 2 is 1.28 bits per heavy atom. The molecule has 18 heavy (non-hydrogen) atoms. The summed E-state index contributed by atoms with van der Waals surface area (Å²) in [6, 6.07) is 0. The number of ether oxygens (including phenoxy) is 1. The summed E-state index contributed by atoms with van der Waals surface area (Å²) < 4.78 is 5.44. The lowest BCUT2D eigenvalue weighted by molar-refractivity contribution is 0.271. The quantitative estimate of drug-likeness (QED) is 0.537. The highest BCUT2D eigenvalue weighted by Gasteiger charge is 1.98. The van der Waals surface area contributed by atoms with Gasteiger partial charge in [0.2, 0.25) is 0 Å². The van der Waals surface area contributed by atoms with E-state index in [1.54, 1.807) is 0 Å². The number of allylic oxidation sites excluding steroid dienone is 4. The third-order valence-corrected chi connectivity index (χ3v) is 3.67. The second kappa shape index (κ2) is 11.4. The Kier molecular flexibility index (Phi) is 9.69. The van der Waals surface area contributed by atoms with E-state index in [9.17, 15) is 0 Å². The van der Waals surface area contributed by atoms with E-state index in [2.05, 4.69) is 18.2 Å². The van der Waals surface area contributed by atoms with E-state index in [1.807, 2.05) is 7.11 Å².